The number of hydrogen-bond acceptors (Lipinski definition) is 8. The van der Waals surface area contributed by atoms with Gasteiger partial charge < -0.3 is 19.9 Å². The Bertz CT molecular complexity index is 1620. The van der Waals surface area contributed by atoms with E-state index >= 15 is 0 Å². The summed E-state index contributed by atoms with van der Waals surface area (Å²) in [5, 5.41) is 6.97. The lowest BCUT2D eigenvalue weighted by Gasteiger charge is -2.30. The largest absolute Gasteiger partial charge is 0.489 e. The molecule has 3 aliphatic heterocycles. The third kappa shape index (κ3) is 5.22. The maximum absolute atomic E-state index is 14.5. The molecule has 3 aromatic rings. The minimum atomic E-state index is -1.10. The summed E-state index contributed by atoms with van der Waals surface area (Å²) < 4.78 is 36.3. The molecule has 0 radical (unpaired) electrons. The number of likely N-dealkylation sites (N-methyl/N-ethyl adjacent to an activating group) is 2. The molecule has 0 bridgehead atoms. The van der Waals surface area contributed by atoms with Crippen molar-refractivity contribution in [2.75, 3.05) is 32.1 Å². The number of nitrogens with one attached hydrogen (secondary N) is 1. The van der Waals surface area contributed by atoms with Gasteiger partial charge in [0.1, 0.15) is 42.2 Å². The van der Waals surface area contributed by atoms with Gasteiger partial charge in [-0.2, -0.15) is 5.10 Å². The van der Waals surface area contributed by atoms with E-state index < -0.39 is 29.7 Å². The van der Waals surface area contributed by atoms with Crippen LogP contribution in [-0.4, -0.2) is 81.5 Å². The van der Waals surface area contributed by atoms with Gasteiger partial charge >= 0.3 is 0 Å². The molecule has 1 N–H and O–H groups in total. The molecule has 0 aliphatic carbocycles. The Balaban J connectivity index is 1.17. The Morgan fingerprint density at radius 2 is 1.98 bits per heavy atom. The van der Waals surface area contributed by atoms with Crippen molar-refractivity contribution >= 4 is 23.2 Å². The number of aromatic nitrogens is 3. The Hall–Kier alpha value is -4.65. The molecule has 1 aromatic heterocycles. The molecule has 0 saturated carbocycles. The van der Waals surface area contributed by atoms with Crippen LogP contribution in [0.25, 0.3) is 0 Å². The molecular formula is C29H30F2N8O3. The molecular weight excluding hydrogens is 546 g/mol. The average Bonchev–Trinajstić information content (AvgIpc) is 3.40. The first kappa shape index (κ1) is 27.5. The maximum Gasteiger partial charge on any atom is 0.266 e. The third-order valence-corrected chi connectivity index (χ3v) is 7.66. The molecule has 218 valence electrons. The predicted molar refractivity (Wildman–Crippen MR) is 150 cm³/mol. The predicted octanol–water partition coefficient (Wildman–Crippen LogP) is 2.08. The van der Waals surface area contributed by atoms with Crippen LogP contribution in [0.2, 0.25) is 0 Å². The number of carbonyl (C=O) groups excluding carboxylic acids is 2. The van der Waals surface area contributed by atoms with Crippen molar-refractivity contribution in [2.24, 2.45) is 4.99 Å². The second-order valence-corrected chi connectivity index (χ2v) is 10.6. The lowest BCUT2D eigenvalue weighted by atomic mass is 10.0. The van der Waals surface area contributed by atoms with Crippen LogP contribution in [0.3, 0.4) is 0 Å². The lowest BCUT2D eigenvalue weighted by molar-refractivity contribution is -0.130. The molecule has 2 aromatic carbocycles. The van der Waals surface area contributed by atoms with Gasteiger partial charge in [-0.1, -0.05) is 6.07 Å². The summed E-state index contributed by atoms with van der Waals surface area (Å²) in [7, 11) is 3.29. The van der Waals surface area contributed by atoms with Gasteiger partial charge in [0.05, 0.1) is 24.5 Å². The zero-order valence-corrected chi connectivity index (χ0v) is 23.4. The van der Waals surface area contributed by atoms with Crippen molar-refractivity contribution in [3.05, 3.63) is 83.1 Å². The summed E-state index contributed by atoms with van der Waals surface area (Å²) in [6.07, 6.45) is 2.10. The number of rotatable bonds is 5. The van der Waals surface area contributed by atoms with Crippen LogP contribution in [0.1, 0.15) is 23.9 Å². The van der Waals surface area contributed by atoms with E-state index in [0.29, 0.717) is 30.1 Å². The number of ether oxygens (including phenoxy) is 1. The molecule has 0 saturated heterocycles. The number of nitrogens with zero attached hydrogens (tertiary/aromatic N) is 7. The molecule has 11 nitrogen and oxygen atoms in total. The number of aliphatic imine (C=N–C) groups is 1. The first-order chi connectivity index (χ1) is 20.2. The van der Waals surface area contributed by atoms with Crippen LogP contribution >= 0.6 is 0 Å². The Morgan fingerprint density at radius 3 is 2.81 bits per heavy atom. The summed E-state index contributed by atoms with van der Waals surface area (Å²) in [5.74, 6) is -0.751. The SMILES string of the molecule is CC1=CN(C)C(C(=O)NC2COc3ccc(CN4CCn5ncnc5C4)cc3N(C)C2=O)N=C1c1cc(F)ccc1F. The molecule has 6 rings (SSSR count). The van der Waals surface area contributed by atoms with E-state index in [1.807, 2.05) is 22.9 Å². The normalized spacial score (nSPS) is 20.6. The van der Waals surface area contributed by atoms with Crippen LogP contribution in [0.4, 0.5) is 14.5 Å². The van der Waals surface area contributed by atoms with E-state index in [9.17, 15) is 18.4 Å². The van der Waals surface area contributed by atoms with Gasteiger partial charge in [-0.15, -0.1) is 0 Å². The van der Waals surface area contributed by atoms with Crippen molar-refractivity contribution in [3.63, 3.8) is 0 Å². The van der Waals surface area contributed by atoms with E-state index in [1.54, 1.807) is 38.4 Å². The number of benzene rings is 2. The van der Waals surface area contributed by atoms with E-state index in [4.69, 9.17) is 4.74 Å². The number of anilines is 1. The van der Waals surface area contributed by atoms with Crippen molar-refractivity contribution in [1.29, 1.82) is 0 Å². The number of hydrogen-bond donors (Lipinski definition) is 1. The van der Waals surface area contributed by atoms with E-state index in [2.05, 4.69) is 25.3 Å². The molecule has 0 fully saturated rings. The van der Waals surface area contributed by atoms with Gasteiger partial charge in [-0.05, 0) is 48.4 Å². The fourth-order valence-corrected chi connectivity index (χ4v) is 5.45. The van der Waals surface area contributed by atoms with Gasteiger partial charge in [-0.25, -0.2) is 23.4 Å². The van der Waals surface area contributed by atoms with Crippen molar-refractivity contribution < 1.29 is 23.1 Å². The van der Waals surface area contributed by atoms with Gasteiger partial charge in [0, 0.05) is 38.9 Å². The number of allylic oxidation sites excluding steroid dienone is 1. The summed E-state index contributed by atoms with van der Waals surface area (Å²) in [6, 6.07) is 7.81. The molecule has 3 aliphatic rings. The van der Waals surface area contributed by atoms with E-state index in [0.717, 1.165) is 42.7 Å². The van der Waals surface area contributed by atoms with Gasteiger partial charge in [0.15, 0.2) is 0 Å². The van der Waals surface area contributed by atoms with Crippen LogP contribution < -0.4 is 15.0 Å². The third-order valence-electron chi connectivity index (χ3n) is 7.66. The molecule has 0 spiro atoms. The zero-order chi connectivity index (χ0) is 29.5. The number of halogens is 2. The monoisotopic (exact) mass is 576 g/mol. The minimum absolute atomic E-state index is 0.0408. The minimum Gasteiger partial charge on any atom is -0.489 e. The topological polar surface area (TPSA) is 108 Å². The second-order valence-electron chi connectivity index (χ2n) is 10.6. The standard InChI is InChI=1S/C29H30F2N8O3/c1-17-12-36(2)27(35-26(17)20-11-19(30)5-6-21(20)31)28(40)34-22-15-42-24-7-4-18(10-23(24)37(3)29(22)41)13-38-8-9-39-25(14-38)32-16-33-39/h4-7,10-12,16,22,27H,8-9,13-15H2,1-3H3,(H,34,40). The molecule has 2 atom stereocenters. The first-order valence-corrected chi connectivity index (χ1v) is 13.5. The highest BCUT2D eigenvalue weighted by molar-refractivity contribution is 6.14. The fourth-order valence-electron chi connectivity index (χ4n) is 5.45. The highest BCUT2D eigenvalue weighted by Gasteiger charge is 2.35. The van der Waals surface area contributed by atoms with Crippen LogP contribution in [0.15, 0.2) is 59.5 Å². The first-order valence-electron chi connectivity index (χ1n) is 13.5. The number of carbonyl (C=O) groups is 2. The highest BCUT2D eigenvalue weighted by Crippen LogP contribution is 2.32. The van der Waals surface area contributed by atoms with Gasteiger partial charge in [0.2, 0.25) is 6.17 Å². The summed E-state index contributed by atoms with van der Waals surface area (Å²) in [6.45, 7) is 4.55. The molecule has 13 heteroatoms. The fraction of sp³-hybridized carbons (Fsp3) is 0.345. The molecule has 4 heterocycles. The quantitative estimate of drug-likeness (QED) is 0.496. The van der Waals surface area contributed by atoms with Gasteiger partial charge in [0.25, 0.3) is 11.8 Å². The maximum atomic E-state index is 14.5. The van der Waals surface area contributed by atoms with Crippen LogP contribution in [0.5, 0.6) is 5.75 Å². The summed E-state index contributed by atoms with van der Waals surface area (Å²) >= 11 is 0. The summed E-state index contributed by atoms with van der Waals surface area (Å²) in [5.41, 5.74) is 2.30. The number of amides is 2. The second kappa shape index (κ2) is 11.0. The smallest absolute Gasteiger partial charge is 0.266 e. The van der Waals surface area contributed by atoms with Gasteiger partial charge in [-0.3, -0.25) is 14.5 Å². The Morgan fingerprint density at radius 1 is 1.14 bits per heavy atom. The Kier molecular flexibility index (Phi) is 7.19. The highest BCUT2D eigenvalue weighted by atomic mass is 19.1. The van der Waals surface area contributed by atoms with Crippen molar-refractivity contribution in [1.82, 2.24) is 29.9 Å². The summed E-state index contributed by atoms with van der Waals surface area (Å²) in [4.78, 5) is 40.9. The molecule has 2 amide bonds. The van der Waals surface area contributed by atoms with Crippen molar-refractivity contribution in [3.8, 4) is 5.75 Å². The van der Waals surface area contributed by atoms with E-state index in [1.165, 1.54) is 4.90 Å². The van der Waals surface area contributed by atoms with E-state index in [-0.39, 0.29) is 23.8 Å². The van der Waals surface area contributed by atoms with Crippen molar-refractivity contribution in [2.45, 2.75) is 38.8 Å². The molecule has 42 heavy (non-hydrogen) atoms. The lowest BCUT2D eigenvalue weighted by Crippen LogP contribution is -2.54. The van der Waals surface area contributed by atoms with Crippen LogP contribution in [0, 0.1) is 11.6 Å². The zero-order valence-electron chi connectivity index (χ0n) is 23.4. The number of fused-ring (bicyclic) bond motifs is 2. The average molecular weight is 577 g/mol. The Labute approximate surface area is 241 Å². The molecule has 2 unspecified atom stereocenters. The van der Waals surface area contributed by atoms with Crippen LogP contribution in [-0.2, 0) is 29.2 Å².